The average molecular weight is 400 g/mol. The zero-order chi connectivity index (χ0) is 19.9. The van der Waals surface area contributed by atoms with Crippen molar-refractivity contribution in [1.29, 1.82) is 0 Å². The van der Waals surface area contributed by atoms with Gasteiger partial charge in [-0.05, 0) is 57.4 Å². The SMILES string of the molecule is CCN(CC)c1ccc(NC(=O)CSc2cc(N3CCCC3)ncn2)c(C)c1. The molecule has 0 bridgehead atoms. The maximum absolute atomic E-state index is 12.4. The molecule has 0 saturated carbocycles. The van der Waals surface area contributed by atoms with Gasteiger partial charge < -0.3 is 15.1 Å². The molecule has 1 aromatic carbocycles. The third-order valence-corrected chi connectivity index (χ3v) is 5.95. The maximum Gasteiger partial charge on any atom is 0.234 e. The van der Waals surface area contributed by atoms with E-state index in [0.29, 0.717) is 5.75 Å². The Morgan fingerprint density at radius 2 is 1.93 bits per heavy atom. The summed E-state index contributed by atoms with van der Waals surface area (Å²) in [4.78, 5) is 25.6. The summed E-state index contributed by atoms with van der Waals surface area (Å²) < 4.78 is 0. The fraction of sp³-hybridized carbons (Fsp3) is 0.476. The lowest BCUT2D eigenvalue weighted by Crippen LogP contribution is -2.22. The van der Waals surface area contributed by atoms with Gasteiger partial charge in [0.25, 0.3) is 0 Å². The predicted molar refractivity (Wildman–Crippen MR) is 118 cm³/mol. The molecule has 1 fully saturated rings. The van der Waals surface area contributed by atoms with Gasteiger partial charge in [0.15, 0.2) is 0 Å². The Morgan fingerprint density at radius 1 is 1.18 bits per heavy atom. The second-order valence-electron chi connectivity index (χ2n) is 6.92. The van der Waals surface area contributed by atoms with Gasteiger partial charge in [-0.1, -0.05) is 11.8 Å². The molecule has 2 aromatic rings. The highest BCUT2D eigenvalue weighted by Crippen LogP contribution is 2.25. The number of hydrogen-bond acceptors (Lipinski definition) is 6. The Balaban J connectivity index is 1.56. The van der Waals surface area contributed by atoms with E-state index in [2.05, 4.69) is 51.1 Å². The smallest absolute Gasteiger partial charge is 0.234 e. The van der Waals surface area contributed by atoms with Gasteiger partial charge in [0.05, 0.1) is 5.75 Å². The van der Waals surface area contributed by atoms with E-state index in [1.54, 1.807) is 6.33 Å². The van der Waals surface area contributed by atoms with Crippen LogP contribution in [0.4, 0.5) is 17.2 Å². The lowest BCUT2D eigenvalue weighted by Gasteiger charge is -2.22. The number of anilines is 3. The third-order valence-electron chi connectivity index (χ3n) is 5.02. The number of aryl methyl sites for hydroxylation is 1. The Hall–Kier alpha value is -2.28. The van der Waals surface area contributed by atoms with E-state index in [1.807, 2.05) is 19.1 Å². The first-order chi connectivity index (χ1) is 13.6. The molecule has 150 valence electrons. The van der Waals surface area contributed by atoms with Crippen LogP contribution in [0, 0.1) is 6.92 Å². The van der Waals surface area contributed by atoms with Crippen molar-refractivity contribution >= 4 is 34.9 Å². The molecular weight excluding hydrogens is 370 g/mol. The van der Waals surface area contributed by atoms with Crippen LogP contribution in [0.3, 0.4) is 0 Å². The maximum atomic E-state index is 12.4. The Bertz CT molecular complexity index is 803. The molecule has 1 amide bonds. The highest BCUT2D eigenvalue weighted by atomic mass is 32.2. The number of nitrogens with one attached hydrogen (secondary N) is 1. The minimum atomic E-state index is -0.0231. The number of aromatic nitrogens is 2. The van der Waals surface area contributed by atoms with Gasteiger partial charge in [-0.3, -0.25) is 4.79 Å². The highest BCUT2D eigenvalue weighted by Gasteiger charge is 2.15. The van der Waals surface area contributed by atoms with Crippen molar-refractivity contribution in [2.24, 2.45) is 0 Å². The van der Waals surface area contributed by atoms with Crippen molar-refractivity contribution in [1.82, 2.24) is 9.97 Å². The second-order valence-corrected chi connectivity index (χ2v) is 7.91. The zero-order valence-corrected chi connectivity index (χ0v) is 17.8. The number of benzene rings is 1. The van der Waals surface area contributed by atoms with Crippen LogP contribution in [0.1, 0.15) is 32.3 Å². The van der Waals surface area contributed by atoms with Gasteiger partial charge in [0.1, 0.15) is 17.2 Å². The number of carbonyl (C=O) groups excluding carboxylic acids is 1. The zero-order valence-electron chi connectivity index (χ0n) is 16.9. The van der Waals surface area contributed by atoms with Crippen LogP contribution in [0.5, 0.6) is 0 Å². The van der Waals surface area contributed by atoms with E-state index in [4.69, 9.17) is 0 Å². The summed E-state index contributed by atoms with van der Waals surface area (Å²) in [5.41, 5.74) is 3.12. The molecular formula is C21H29N5OS. The Kier molecular flexibility index (Phi) is 7.14. The summed E-state index contributed by atoms with van der Waals surface area (Å²) in [5.74, 6) is 1.26. The molecule has 1 aliphatic rings. The topological polar surface area (TPSA) is 61.4 Å². The van der Waals surface area contributed by atoms with Crippen molar-refractivity contribution in [3.63, 3.8) is 0 Å². The number of nitrogens with zero attached hydrogens (tertiary/aromatic N) is 4. The molecule has 0 spiro atoms. The molecule has 0 atom stereocenters. The van der Waals surface area contributed by atoms with Gasteiger partial charge in [0.2, 0.25) is 5.91 Å². The van der Waals surface area contributed by atoms with Crippen molar-refractivity contribution in [3.05, 3.63) is 36.2 Å². The van der Waals surface area contributed by atoms with Gasteiger partial charge in [-0.15, -0.1) is 0 Å². The molecule has 7 heteroatoms. The lowest BCUT2D eigenvalue weighted by molar-refractivity contribution is -0.113. The summed E-state index contributed by atoms with van der Waals surface area (Å²) in [6.07, 6.45) is 4.01. The normalized spacial score (nSPS) is 13.6. The van der Waals surface area contributed by atoms with E-state index in [9.17, 15) is 4.79 Å². The van der Waals surface area contributed by atoms with Crippen molar-refractivity contribution < 1.29 is 4.79 Å². The van der Waals surface area contributed by atoms with Crippen LogP contribution in [-0.4, -0.2) is 47.8 Å². The number of carbonyl (C=O) groups is 1. The fourth-order valence-electron chi connectivity index (χ4n) is 3.43. The molecule has 6 nitrogen and oxygen atoms in total. The van der Waals surface area contributed by atoms with Crippen LogP contribution < -0.4 is 15.1 Å². The van der Waals surface area contributed by atoms with Crippen LogP contribution in [0.15, 0.2) is 35.6 Å². The van der Waals surface area contributed by atoms with E-state index < -0.39 is 0 Å². The van der Waals surface area contributed by atoms with E-state index in [1.165, 1.54) is 30.3 Å². The van der Waals surface area contributed by atoms with Crippen molar-refractivity contribution in [2.75, 3.05) is 47.0 Å². The predicted octanol–water partition coefficient (Wildman–Crippen LogP) is 3.96. The summed E-state index contributed by atoms with van der Waals surface area (Å²) >= 11 is 1.44. The standard InChI is InChI=1S/C21H29N5OS/c1-4-25(5-2)17-8-9-18(16(3)12-17)24-20(27)14-28-21-13-19(22-15-23-21)26-10-6-7-11-26/h8-9,12-13,15H,4-7,10-11,14H2,1-3H3,(H,24,27). The summed E-state index contributed by atoms with van der Waals surface area (Å²) in [5, 5.41) is 3.85. The molecule has 1 saturated heterocycles. The van der Waals surface area contributed by atoms with E-state index >= 15 is 0 Å². The van der Waals surface area contributed by atoms with Gasteiger partial charge in [-0.25, -0.2) is 9.97 Å². The number of amides is 1. The highest BCUT2D eigenvalue weighted by molar-refractivity contribution is 7.99. The molecule has 28 heavy (non-hydrogen) atoms. The summed E-state index contributed by atoms with van der Waals surface area (Å²) in [6.45, 7) is 10.4. The first kappa shape index (κ1) is 20.5. The lowest BCUT2D eigenvalue weighted by atomic mass is 10.1. The van der Waals surface area contributed by atoms with Crippen LogP contribution in [-0.2, 0) is 4.79 Å². The molecule has 2 heterocycles. The van der Waals surface area contributed by atoms with Crippen LogP contribution in [0.25, 0.3) is 0 Å². The largest absolute Gasteiger partial charge is 0.372 e. The van der Waals surface area contributed by atoms with Crippen LogP contribution >= 0.6 is 11.8 Å². The molecule has 0 unspecified atom stereocenters. The van der Waals surface area contributed by atoms with Crippen molar-refractivity contribution in [2.45, 2.75) is 38.6 Å². The molecule has 1 aliphatic heterocycles. The monoisotopic (exact) mass is 399 g/mol. The molecule has 0 radical (unpaired) electrons. The first-order valence-corrected chi connectivity index (χ1v) is 10.9. The molecule has 1 N–H and O–H groups in total. The van der Waals surface area contributed by atoms with E-state index in [0.717, 1.165) is 48.3 Å². The quantitative estimate of drug-likeness (QED) is 0.535. The Labute approximate surface area is 171 Å². The van der Waals surface area contributed by atoms with Gasteiger partial charge in [-0.2, -0.15) is 0 Å². The second kappa shape index (κ2) is 9.78. The average Bonchev–Trinajstić information content (AvgIpc) is 3.24. The first-order valence-electron chi connectivity index (χ1n) is 9.96. The molecule has 3 rings (SSSR count). The minimum Gasteiger partial charge on any atom is -0.372 e. The number of rotatable bonds is 8. The van der Waals surface area contributed by atoms with E-state index in [-0.39, 0.29) is 5.91 Å². The van der Waals surface area contributed by atoms with Crippen LogP contribution in [0.2, 0.25) is 0 Å². The summed E-state index contributed by atoms with van der Waals surface area (Å²) in [7, 11) is 0. The Morgan fingerprint density at radius 3 is 2.61 bits per heavy atom. The summed E-state index contributed by atoms with van der Waals surface area (Å²) in [6, 6.07) is 8.16. The fourth-order valence-corrected chi connectivity index (χ4v) is 4.09. The number of thioether (sulfide) groups is 1. The molecule has 0 aliphatic carbocycles. The van der Waals surface area contributed by atoms with Gasteiger partial charge >= 0.3 is 0 Å². The van der Waals surface area contributed by atoms with Gasteiger partial charge in [0, 0.05) is 43.6 Å². The molecule has 1 aromatic heterocycles. The van der Waals surface area contributed by atoms with Crippen molar-refractivity contribution in [3.8, 4) is 0 Å². The number of hydrogen-bond donors (Lipinski definition) is 1. The third kappa shape index (κ3) is 5.16. The minimum absolute atomic E-state index is 0.0231.